The molecule has 0 spiro atoms. The van der Waals surface area contributed by atoms with Crippen LogP contribution in [0.3, 0.4) is 0 Å². The van der Waals surface area contributed by atoms with Crippen molar-refractivity contribution >= 4 is 27.5 Å². The van der Waals surface area contributed by atoms with Gasteiger partial charge in [0, 0.05) is 16.7 Å². The maximum Gasteiger partial charge on any atom is 0.243 e. The molecule has 5 heteroatoms. The fraction of sp³-hybridized carbons (Fsp3) is 0.538. The SMILES string of the molecule is CC1(C)C(Nc2nc3ccc(Br)cn3n2)C1(C)C. The Balaban J connectivity index is 1.89. The molecule has 1 N–H and O–H groups in total. The molecule has 0 aliphatic heterocycles. The van der Waals surface area contributed by atoms with E-state index in [1.165, 1.54) is 0 Å². The lowest BCUT2D eigenvalue weighted by molar-refractivity contribution is 0.457. The van der Waals surface area contributed by atoms with Crippen molar-refractivity contribution in [1.82, 2.24) is 14.6 Å². The minimum absolute atomic E-state index is 0.283. The number of nitrogens with zero attached hydrogens (tertiary/aromatic N) is 3. The van der Waals surface area contributed by atoms with Crippen LogP contribution in [0.15, 0.2) is 22.8 Å². The second-order valence-electron chi connectivity index (χ2n) is 6.11. The third-order valence-corrected chi connectivity index (χ3v) is 5.06. The number of fused-ring (bicyclic) bond motifs is 1. The highest BCUT2D eigenvalue weighted by atomic mass is 79.9. The number of nitrogens with one attached hydrogen (secondary N) is 1. The monoisotopic (exact) mass is 308 g/mol. The molecule has 1 fully saturated rings. The standard InChI is InChI=1S/C13H17BrN4/c1-12(2)10(13(12,3)4)16-11-15-9-6-5-8(14)7-18(9)17-11/h5-7,10H,1-4H3,(H,16,17). The molecule has 96 valence electrons. The number of aromatic nitrogens is 3. The molecule has 2 aromatic heterocycles. The van der Waals surface area contributed by atoms with Gasteiger partial charge in [0.1, 0.15) is 0 Å². The van der Waals surface area contributed by atoms with Gasteiger partial charge in [-0.3, -0.25) is 0 Å². The third kappa shape index (κ3) is 1.56. The molecule has 1 aliphatic rings. The van der Waals surface area contributed by atoms with Crippen molar-refractivity contribution in [2.75, 3.05) is 5.32 Å². The van der Waals surface area contributed by atoms with E-state index >= 15 is 0 Å². The first-order valence-corrected chi connectivity index (χ1v) is 6.90. The van der Waals surface area contributed by atoms with Crippen molar-refractivity contribution in [2.24, 2.45) is 10.8 Å². The molecule has 0 amide bonds. The Kier molecular flexibility index (Phi) is 2.31. The van der Waals surface area contributed by atoms with Gasteiger partial charge in [0.2, 0.25) is 5.95 Å². The second-order valence-corrected chi connectivity index (χ2v) is 7.02. The molecule has 0 radical (unpaired) electrons. The number of anilines is 1. The zero-order valence-electron chi connectivity index (χ0n) is 11.0. The largest absolute Gasteiger partial charge is 0.349 e. The average Bonchev–Trinajstić information content (AvgIpc) is 2.64. The van der Waals surface area contributed by atoms with Gasteiger partial charge in [-0.1, -0.05) is 27.7 Å². The Labute approximate surface area is 115 Å². The molecule has 1 aliphatic carbocycles. The number of halogens is 1. The minimum Gasteiger partial charge on any atom is -0.349 e. The Morgan fingerprint density at radius 1 is 1.22 bits per heavy atom. The summed E-state index contributed by atoms with van der Waals surface area (Å²) in [5, 5.41) is 7.90. The van der Waals surface area contributed by atoms with Crippen molar-refractivity contribution in [3.8, 4) is 0 Å². The Bertz CT molecular complexity index is 600. The molecule has 2 aromatic rings. The molecule has 0 unspecified atom stereocenters. The highest BCUT2D eigenvalue weighted by Gasteiger charge is 2.65. The van der Waals surface area contributed by atoms with Gasteiger partial charge in [0.05, 0.1) is 0 Å². The van der Waals surface area contributed by atoms with E-state index in [9.17, 15) is 0 Å². The van der Waals surface area contributed by atoms with Gasteiger partial charge in [-0.2, -0.15) is 4.98 Å². The van der Waals surface area contributed by atoms with Crippen molar-refractivity contribution in [2.45, 2.75) is 33.7 Å². The predicted molar refractivity (Wildman–Crippen MR) is 75.7 cm³/mol. The molecule has 3 rings (SSSR count). The van der Waals surface area contributed by atoms with Crippen LogP contribution in [0.1, 0.15) is 27.7 Å². The van der Waals surface area contributed by atoms with Crippen LogP contribution in [0.25, 0.3) is 5.65 Å². The van der Waals surface area contributed by atoms with Crippen molar-refractivity contribution in [3.63, 3.8) is 0 Å². The Morgan fingerprint density at radius 2 is 1.89 bits per heavy atom. The second kappa shape index (κ2) is 3.47. The number of rotatable bonds is 2. The number of hydrogen-bond acceptors (Lipinski definition) is 3. The third-order valence-electron chi connectivity index (χ3n) is 4.59. The highest BCUT2D eigenvalue weighted by Crippen LogP contribution is 2.63. The van der Waals surface area contributed by atoms with Gasteiger partial charge in [-0.15, -0.1) is 5.10 Å². The van der Waals surface area contributed by atoms with Gasteiger partial charge in [-0.25, -0.2) is 4.52 Å². The summed E-state index contributed by atoms with van der Waals surface area (Å²) in [6, 6.07) is 4.34. The van der Waals surface area contributed by atoms with Crippen LogP contribution < -0.4 is 5.32 Å². The summed E-state index contributed by atoms with van der Waals surface area (Å²) in [7, 11) is 0. The molecule has 2 heterocycles. The summed E-state index contributed by atoms with van der Waals surface area (Å²) in [6.45, 7) is 9.10. The number of hydrogen-bond donors (Lipinski definition) is 1. The van der Waals surface area contributed by atoms with E-state index in [1.54, 1.807) is 4.52 Å². The first-order valence-electron chi connectivity index (χ1n) is 6.11. The van der Waals surface area contributed by atoms with Crippen molar-refractivity contribution < 1.29 is 0 Å². The smallest absolute Gasteiger partial charge is 0.243 e. The average molecular weight is 309 g/mol. The summed E-state index contributed by atoms with van der Waals surface area (Å²) < 4.78 is 2.79. The van der Waals surface area contributed by atoms with Gasteiger partial charge >= 0.3 is 0 Å². The lowest BCUT2D eigenvalue weighted by atomic mass is 10.0. The van der Waals surface area contributed by atoms with Gasteiger partial charge in [-0.05, 0) is 38.9 Å². The fourth-order valence-corrected chi connectivity index (χ4v) is 2.93. The molecule has 0 bridgehead atoms. The van der Waals surface area contributed by atoms with Crippen LogP contribution >= 0.6 is 15.9 Å². The summed E-state index contributed by atoms with van der Waals surface area (Å²) in [5.74, 6) is 0.705. The maximum atomic E-state index is 4.48. The lowest BCUT2D eigenvalue weighted by Gasteiger charge is -2.02. The zero-order valence-corrected chi connectivity index (χ0v) is 12.6. The van der Waals surface area contributed by atoms with Gasteiger partial charge < -0.3 is 5.32 Å². The van der Waals surface area contributed by atoms with E-state index in [4.69, 9.17) is 0 Å². The quantitative estimate of drug-likeness (QED) is 0.925. The highest BCUT2D eigenvalue weighted by molar-refractivity contribution is 9.10. The van der Waals surface area contributed by atoms with E-state index in [0.29, 0.717) is 12.0 Å². The van der Waals surface area contributed by atoms with E-state index in [-0.39, 0.29) is 10.8 Å². The summed E-state index contributed by atoms with van der Waals surface area (Å²) >= 11 is 3.43. The first-order chi connectivity index (χ1) is 8.32. The van der Waals surface area contributed by atoms with Gasteiger partial charge in [0.25, 0.3) is 0 Å². The molecule has 18 heavy (non-hydrogen) atoms. The maximum absolute atomic E-state index is 4.48. The van der Waals surface area contributed by atoms with Crippen LogP contribution in [-0.4, -0.2) is 20.6 Å². The van der Waals surface area contributed by atoms with Crippen molar-refractivity contribution in [1.29, 1.82) is 0 Å². The number of pyridine rings is 1. The van der Waals surface area contributed by atoms with Crippen molar-refractivity contribution in [3.05, 3.63) is 22.8 Å². The van der Waals surface area contributed by atoms with E-state index in [0.717, 1.165) is 10.1 Å². The lowest BCUT2D eigenvalue weighted by Crippen LogP contribution is -2.11. The van der Waals surface area contributed by atoms with Crippen LogP contribution in [0.5, 0.6) is 0 Å². The normalized spacial score (nSPS) is 21.2. The van der Waals surface area contributed by atoms with E-state index < -0.39 is 0 Å². The van der Waals surface area contributed by atoms with E-state index in [1.807, 2.05) is 18.3 Å². The Morgan fingerprint density at radius 3 is 2.50 bits per heavy atom. The van der Waals surface area contributed by atoms with Crippen LogP contribution in [0.2, 0.25) is 0 Å². The molecule has 0 atom stereocenters. The van der Waals surface area contributed by atoms with Crippen LogP contribution in [0, 0.1) is 10.8 Å². The van der Waals surface area contributed by atoms with Crippen LogP contribution in [0.4, 0.5) is 5.95 Å². The fourth-order valence-electron chi connectivity index (χ4n) is 2.61. The minimum atomic E-state index is 0.283. The predicted octanol–water partition coefficient (Wildman–Crippen LogP) is 3.34. The summed E-state index contributed by atoms with van der Waals surface area (Å²) in [6.07, 6.45) is 1.91. The summed E-state index contributed by atoms with van der Waals surface area (Å²) in [5.41, 5.74) is 1.42. The van der Waals surface area contributed by atoms with Gasteiger partial charge in [0.15, 0.2) is 5.65 Å². The summed E-state index contributed by atoms with van der Waals surface area (Å²) in [4.78, 5) is 4.48. The molecule has 0 saturated heterocycles. The molecular formula is C13H17BrN4. The molecular weight excluding hydrogens is 292 g/mol. The first kappa shape index (κ1) is 12.0. The molecule has 1 saturated carbocycles. The topological polar surface area (TPSA) is 42.2 Å². The molecule has 4 nitrogen and oxygen atoms in total. The zero-order chi connectivity index (χ0) is 13.1. The molecule has 0 aromatic carbocycles. The Hall–Kier alpha value is -1.10. The van der Waals surface area contributed by atoms with Crippen LogP contribution in [-0.2, 0) is 0 Å². The van der Waals surface area contributed by atoms with E-state index in [2.05, 4.69) is 59.0 Å².